The van der Waals surface area contributed by atoms with Gasteiger partial charge in [-0.15, -0.1) is 0 Å². The average molecular weight is 447 g/mol. The molecule has 0 saturated heterocycles. The number of halogens is 1. The van der Waals surface area contributed by atoms with Crippen LogP contribution in [0.25, 0.3) is 0 Å². The van der Waals surface area contributed by atoms with Crippen molar-refractivity contribution in [3.8, 4) is 0 Å². The molecule has 1 aromatic heterocycles. The molecule has 1 N–H and O–H groups in total. The minimum absolute atomic E-state index is 0.0423. The molecule has 7 nitrogen and oxygen atoms in total. The molecule has 4 unspecified atom stereocenters. The molecule has 4 atom stereocenters. The van der Waals surface area contributed by atoms with Crippen LogP contribution in [0.5, 0.6) is 0 Å². The molecule has 0 radical (unpaired) electrons. The van der Waals surface area contributed by atoms with E-state index in [1.807, 2.05) is 12.1 Å². The van der Waals surface area contributed by atoms with Gasteiger partial charge < -0.3 is 15.4 Å². The van der Waals surface area contributed by atoms with Crippen LogP contribution < -0.4 is 5.32 Å². The Hall–Kier alpha value is -2.22. The molecule has 1 amide bonds. The second kappa shape index (κ2) is 7.66. The molecule has 2 aliphatic rings. The summed E-state index contributed by atoms with van der Waals surface area (Å²) in [6.45, 7) is 2.52. The topological polar surface area (TPSA) is 90.1 Å². The van der Waals surface area contributed by atoms with Crippen LogP contribution in [0.3, 0.4) is 0 Å². The van der Waals surface area contributed by atoms with Gasteiger partial charge in [0.1, 0.15) is 4.47 Å². The predicted molar refractivity (Wildman–Crippen MR) is 108 cm³/mol. The van der Waals surface area contributed by atoms with E-state index in [9.17, 15) is 14.9 Å². The number of benzene rings is 1. The summed E-state index contributed by atoms with van der Waals surface area (Å²) in [4.78, 5) is 23.0. The Morgan fingerprint density at radius 3 is 2.68 bits per heavy atom. The van der Waals surface area contributed by atoms with Gasteiger partial charge in [0, 0.05) is 11.6 Å². The number of hydrogen-bond donors (Lipinski definition) is 1. The van der Waals surface area contributed by atoms with Crippen molar-refractivity contribution in [3.63, 3.8) is 0 Å². The van der Waals surface area contributed by atoms with Crippen molar-refractivity contribution in [1.29, 1.82) is 0 Å². The van der Waals surface area contributed by atoms with Crippen LogP contribution >= 0.6 is 15.9 Å². The fraction of sp³-hybridized carbons (Fsp3) is 0.500. The van der Waals surface area contributed by atoms with E-state index in [4.69, 9.17) is 0 Å². The molecule has 2 saturated carbocycles. The Labute approximate surface area is 171 Å². The van der Waals surface area contributed by atoms with Crippen LogP contribution in [0.15, 0.2) is 34.9 Å². The summed E-state index contributed by atoms with van der Waals surface area (Å²) in [6, 6.07) is 7.51. The lowest BCUT2D eigenvalue weighted by atomic mass is 9.84. The molecule has 1 heterocycles. The molecule has 2 aliphatic carbocycles. The third-order valence-electron chi connectivity index (χ3n) is 6.23. The Bertz CT molecular complexity index is 895. The predicted octanol–water partition coefficient (Wildman–Crippen LogP) is 4.16. The molecule has 2 bridgehead atoms. The largest absolute Gasteiger partial charge is 0.404 e. The molecule has 0 spiro atoms. The van der Waals surface area contributed by atoms with Gasteiger partial charge in [0.05, 0.1) is 17.8 Å². The van der Waals surface area contributed by atoms with E-state index in [1.54, 1.807) is 18.3 Å². The average Bonchev–Trinajstić information content (AvgIpc) is 3.38. The molecule has 2 aromatic rings. The quantitative estimate of drug-likeness (QED) is 0.532. The van der Waals surface area contributed by atoms with E-state index >= 15 is 0 Å². The number of hydrogen-bond acceptors (Lipinski definition) is 4. The number of nitrogens with one attached hydrogen (secondary N) is 1. The first kappa shape index (κ1) is 19.1. The molecule has 8 heteroatoms. The summed E-state index contributed by atoms with van der Waals surface area (Å²) in [5.41, 5.74) is 1.55. The van der Waals surface area contributed by atoms with Gasteiger partial charge in [-0.3, -0.25) is 4.79 Å². The van der Waals surface area contributed by atoms with Gasteiger partial charge in [-0.05, 0) is 82.5 Å². The first-order chi connectivity index (χ1) is 13.4. The maximum atomic E-state index is 12.6. The first-order valence-electron chi connectivity index (χ1n) is 9.68. The minimum Gasteiger partial charge on any atom is -0.358 e. The van der Waals surface area contributed by atoms with Crippen LogP contribution in [0, 0.1) is 27.9 Å². The molecule has 28 heavy (non-hydrogen) atoms. The second-order valence-electron chi connectivity index (χ2n) is 8.05. The zero-order valence-electron chi connectivity index (χ0n) is 15.7. The van der Waals surface area contributed by atoms with E-state index in [1.165, 1.54) is 30.4 Å². The Morgan fingerprint density at radius 2 is 2.11 bits per heavy atom. The highest BCUT2D eigenvalue weighted by atomic mass is 79.9. The molecule has 148 valence electrons. The van der Waals surface area contributed by atoms with E-state index in [0.717, 1.165) is 17.4 Å². The third-order valence-corrected chi connectivity index (χ3v) is 6.79. The fourth-order valence-corrected chi connectivity index (χ4v) is 5.30. The fourth-order valence-electron chi connectivity index (χ4n) is 4.84. The summed E-state index contributed by atoms with van der Waals surface area (Å²) in [5.74, 6) is 2.01. The highest BCUT2D eigenvalue weighted by Crippen LogP contribution is 2.49. The molecule has 1 aromatic carbocycles. The first-order valence-corrected chi connectivity index (χ1v) is 10.5. The van der Waals surface area contributed by atoms with Crippen LogP contribution in [-0.4, -0.2) is 26.7 Å². The van der Waals surface area contributed by atoms with Crippen molar-refractivity contribution >= 4 is 27.7 Å². The van der Waals surface area contributed by atoms with E-state index in [-0.39, 0.29) is 17.8 Å². The van der Waals surface area contributed by atoms with Gasteiger partial charge >= 0.3 is 5.82 Å². The van der Waals surface area contributed by atoms with Gasteiger partial charge in [0.2, 0.25) is 0 Å². The number of rotatable bonds is 6. The van der Waals surface area contributed by atoms with E-state index < -0.39 is 4.92 Å². The van der Waals surface area contributed by atoms with Crippen molar-refractivity contribution in [2.24, 2.45) is 17.8 Å². The molecular formula is C20H23BrN4O3. The summed E-state index contributed by atoms with van der Waals surface area (Å²) >= 11 is 3.15. The van der Waals surface area contributed by atoms with E-state index in [2.05, 4.69) is 33.3 Å². The molecular weight excluding hydrogens is 424 g/mol. The number of carbonyl (C=O) groups excluding carboxylic acids is 1. The van der Waals surface area contributed by atoms with Crippen molar-refractivity contribution in [2.75, 3.05) is 0 Å². The van der Waals surface area contributed by atoms with Gasteiger partial charge in [0.25, 0.3) is 5.91 Å². The monoisotopic (exact) mass is 446 g/mol. The lowest BCUT2D eigenvalue weighted by Gasteiger charge is -2.28. The number of aromatic nitrogens is 2. The Kier molecular flexibility index (Phi) is 5.23. The molecule has 0 aliphatic heterocycles. The van der Waals surface area contributed by atoms with Crippen molar-refractivity contribution in [1.82, 2.24) is 15.1 Å². The Morgan fingerprint density at radius 1 is 1.36 bits per heavy atom. The second-order valence-corrected chi connectivity index (χ2v) is 8.91. The number of amides is 1. The highest BCUT2D eigenvalue weighted by Gasteiger charge is 2.42. The van der Waals surface area contributed by atoms with Crippen LogP contribution in [0.2, 0.25) is 0 Å². The Balaban J connectivity index is 1.36. The zero-order chi connectivity index (χ0) is 19.8. The number of carbonyl (C=O) groups is 1. The maximum Gasteiger partial charge on any atom is 0.404 e. The van der Waals surface area contributed by atoms with Crippen LogP contribution in [0.1, 0.15) is 48.5 Å². The number of nitrogens with zero attached hydrogens (tertiary/aromatic N) is 3. The normalized spacial score (nSPS) is 24.3. The SMILES string of the molecule is CC(NC(=O)c1ccc(Cn2cc(Br)c([N+](=O)[O-])n2)cc1)C1CC2CCC1C2. The van der Waals surface area contributed by atoms with Gasteiger partial charge in [0.15, 0.2) is 0 Å². The van der Waals surface area contributed by atoms with Crippen molar-refractivity contribution in [2.45, 2.75) is 45.2 Å². The summed E-state index contributed by atoms with van der Waals surface area (Å²) in [6.07, 6.45) is 6.83. The maximum absolute atomic E-state index is 12.6. The summed E-state index contributed by atoms with van der Waals surface area (Å²) in [5, 5.41) is 18.0. The van der Waals surface area contributed by atoms with E-state index in [0.29, 0.717) is 22.5 Å². The van der Waals surface area contributed by atoms with Crippen molar-refractivity contribution < 1.29 is 9.72 Å². The van der Waals surface area contributed by atoms with Gasteiger partial charge in [-0.2, -0.15) is 4.68 Å². The van der Waals surface area contributed by atoms with Crippen molar-refractivity contribution in [3.05, 3.63) is 56.2 Å². The lowest BCUT2D eigenvalue weighted by molar-refractivity contribution is -0.390. The van der Waals surface area contributed by atoms with Gasteiger partial charge in [-0.25, -0.2) is 0 Å². The smallest absolute Gasteiger partial charge is 0.358 e. The standard InChI is InChI=1S/C20H23BrN4O3/c1-12(17-9-14-4-7-16(17)8-14)22-20(26)15-5-2-13(3-6-15)10-24-11-18(21)19(23-24)25(27)28/h2-3,5-6,11-12,14,16-17H,4,7-10H2,1H3,(H,22,26). The highest BCUT2D eigenvalue weighted by molar-refractivity contribution is 9.10. The third kappa shape index (κ3) is 3.83. The van der Waals surface area contributed by atoms with Crippen LogP contribution in [0.4, 0.5) is 5.82 Å². The summed E-state index contributed by atoms with van der Waals surface area (Å²) in [7, 11) is 0. The van der Waals surface area contributed by atoms with Crippen LogP contribution in [-0.2, 0) is 6.54 Å². The summed E-state index contributed by atoms with van der Waals surface area (Å²) < 4.78 is 1.86. The zero-order valence-corrected chi connectivity index (χ0v) is 17.3. The molecule has 2 fully saturated rings. The number of fused-ring (bicyclic) bond motifs is 2. The molecule has 4 rings (SSSR count). The lowest BCUT2D eigenvalue weighted by Crippen LogP contribution is -2.40. The van der Waals surface area contributed by atoms with Gasteiger partial charge in [-0.1, -0.05) is 18.6 Å². The number of nitro groups is 1. The minimum atomic E-state index is -0.522.